The Labute approximate surface area is 122 Å². The Morgan fingerprint density at radius 3 is 1.84 bits per heavy atom. The van der Waals surface area contributed by atoms with Gasteiger partial charge in [-0.3, -0.25) is 4.79 Å². The van der Waals surface area contributed by atoms with Gasteiger partial charge in [0.05, 0.1) is 7.11 Å². The van der Waals surface area contributed by atoms with E-state index >= 15 is 0 Å². The Bertz CT molecular complexity index is 425. The predicted molar refractivity (Wildman–Crippen MR) is 66.7 cm³/mol. The van der Waals surface area contributed by atoms with Crippen molar-refractivity contribution in [1.82, 2.24) is 0 Å². The summed E-state index contributed by atoms with van der Waals surface area (Å²) in [5, 5.41) is 0. The van der Waals surface area contributed by atoms with Crippen molar-refractivity contribution in [2.45, 2.75) is 0 Å². The van der Waals surface area contributed by atoms with Gasteiger partial charge in [-0.1, -0.05) is 11.5 Å². The van der Waals surface area contributed by atoms with Crippen LogP contribution in [0.15, 0.2) is 48.5 Å². The third-order valence-electron chi connectivity index (χ3n) is 2.17. The van der Waals surface area contributed by atoms with Gasteiger partial charge in [-0.2, -0.15) is 12.1 Å². The first-order valence-electron chi connectivity index (χ1n) is 5.29. The number of hydrogen-bond donors (Lipinski definition) is 0. The van der Waals surface area contributed by atoms with Crippen molar-refractivity contribution in [3.63, 3.8) is 0 Å². The van der Waals surface area contributed by atoms with E-state index in [9.17, 15) is 9.59 Å². The average Bonchev–Trinajstić information content (AvgIpc) is 3.09. The Kier molecular flexibility index (Phi) is 8.22. The van der Waals surface area contributed by atoms with Crippen LogP contribution in [0.4, 0.5) is 0 Å². The molecule has 0 spiro atoms. The molecule has 110 valence electrons. The number of esters is 2. The minimum absolute atomic E-state index is 0. The molecular formula is C14H14NiO4-6. The van der Waals surface area contributed by atoms with Gasteiger partial charge >= 0.3 is 0 Å². The fourth-order valence-corrected chi connectivity index (χ4v) is 1.26. The second-order valence-electron chi connectivity index (χ2n) is 3.33. The Hall–Kier alpha value is -1.87. The summed E-state index contributed by atoms with van der Waals surface area (Å²) in [6.07, 6.45) is 0. The van der Waals surface area contributed by atoms with Crippen molar-refractivity contribution in [3.8, 4) is 0 Å². The molecule has 2 aromatic rings. The molecule has 0 aliphatic heterocycles. The molecule has 0 saturated heterocycles. The first-order chi connectivity index (χ1) is 8.69. The van der Waals surface area contributed by atoms with Gasteiger partial charge in [0.2, 0.25) is 0 Å². The summed E-state index contributed by atoms with van der Waals surface area (Å²) in [5.41, 5.74) is 1.22. The molecule has 0 unspecified atom stereocenters. The van der Waals surface area contributed by atoms with Crippen molar-refractivity contribution >= 4 is 11.9 Å². The van der Waals surface area contributed by atoms with Gasteiger partial charge in [0.1, 0.15) is 0 Å². The van der Waals surface area contributed by atoms with E-state index < -0.39 is 0 Å². The van der Waals surface area contributed by atoms with Gasteiger partial charge in [0, 0.05) is 23.6 Å². The molecule has 0 amide bonds. The monoisotopic (exact) mass is 304 g/mol. The Balaban J connectivity index is 0.000000324. The molecule has 2 aromatic carbocycles. The molecule has 0 aliphatic carbocycles. The van der Waals surface area contributed by atoms with E-state index in [1.165, 1.54) is 14.2 Å². The smallest absolute Gasteiger partial charge is 0.280 e. The number of ether oxygens (including phenoxy) is 2. The van der Waals surface area contributed by atoms with Gasteiger partial charge in [0.25, 0.3) is 5.97 Å². The fourth-order valence-electron chi connectivity index (χ4n) is 1.26. The minimum Gasteiger partial charge on any atom is -0.680 e. The van der Waals surface area contributed by atoms with Crippen LogP contribution in [0.3, 0.4) is 0 Å². The maximum Gasteiger partial charge on any atom is 0.280 e. The van der Waals surface area contributed by atoms with Crippen molar-refractivity contribution < 1.29 is 35.6 Å². The average molecular weight is 305 g/mol. The van der Waals surface area contributed by atoms with E-state index in [1.54, 1.807) is 48.5 Å². The van der Waals surface area contributed by atoms with Gasteiger partial charge in [-0.05, 0) is 0 Å². The molecule has 0 bridgehead atoms. The molecule has 19 heavy (non-hydrogen) atoms. The normalized spacial score (nSPS) is 8.53. The van der Waals surface area contributed by atoms with E-state index in [1.807, 2.05) is 0 Å². The minimum atomic E-state index is -0.278. The van der Waals surface area contributed by atoms with Crippen molar-refractivity contribution in [3.05, 3.63) is 59.7 Å². The van der Waals surface area contributed by atoms with Crippen LogP contribution in [0.2, 0.25) is 0 Å². The number of hydrogen-bond acceptors (Lipinski definition) is 4. The fraction of sp³-hybridized carbons (Fsp3) is 0.143. The number of carbonyl (C=O) groups is 2. The van der Waals surface area contributed by atoms with Crippen LogP contribution in [-0.4, -0.2) is 26.2 Å². The standard InChI is InChI=1S/2C7H7O2.Ni/c2*1-9-7(8)6-4-2-3-5-6;/h2*2-5H,1H3;/q-5;-1;. The molecule has 0 heterocycles. The molecule has 2 rings (SSSR count). The van der Waals surface area contributed by atoms with Crippen LogP contribution < -0.4 is 0 Å². The zero-order valence-corrected chi connectivity index (χ0v) is 11.6. The molecule has 0 radical (unpaired) electrons. The molecule has 0 fully saturated rings. The summed E-state index contributed by atoms with van der Waals surface area (Å²) in [6, 6.07) is 14.0. The van der Waals surface area contributed by atoms with E-state index in [2.05, 4.69) is 9.47 Å². The summed E-state index contributed by atoms with van der Waals surface area (Å²) in [7, 11) is 2.74. The summed E-state index contributed by atoms with van der Waals surface area (Å²) in [6.45, 7) is 0. The second-order valence-corrected chi connectivity index (χ2v) is 3.33. The van der Waals surface area contributed by atoms with Crippen LogP contribution >= 0.6 is 0 Å². The van der Waals surface area contributed by atoms with Gasteiger partial charge < -0.3 is 44.1 Å². The zero-order valence-electron chi connectivity index (χ0n) is 10.6. The molecular weight excluding hydrogens is 291 g/mol. The zero-order chi connectivity index (χ0) is 13.4. The van der Waals surface area contributed by atoms with Crippen LogP contribution in [0.25, 0.3) is 0 Å². The van der Waals surface area contributed by atoms with E-state index in [0.717, 1.165) is 0 Å². The molecule has 0 atom stereocenters. The Morgan fingerprint density at radius 2 is 1.42 bits per heavy atom. The topological polar surface area (TPSA) is 52.6 Å². The first kappa shape index (κ1) is 17.1. The van der Waals surface area contributed by atoms with E-state index in [4.69, 9.17) is 0 Å². The summed E-state index contributed by atoms with van der Waals surface area (Å²) in [5.74, 6) is -0.556. The largest absolute Gasteiger partial charge is 0.680 e. The maximum absolute atomic E-state index is 10.7. The van der Waals surface area contributed by atoms with Gasteiger partial charge in [-0.25, -0.2) is 12.1 Å². The van der Waals surface area contributed by atoms with Gasteiger partial charge in [0.15, 0.2) is 0 Å². The summed E-state index contributed by atoms with van der Waals surface area (Å²) < 4.78 is 8.91. The Morgan fingerprint density at radius 1 is 0.947 bits per heavy atom. The van der Waals surface area contributed by atoms with Crippen molar-refractivity contribution in [2.75, 3.05) is 14.2 Å². The number of methoxy groups -OCH3 is 2. The van der Waals surface area contributed by atoms with Gasteiger partial charge in [-0.15, -0.1) is 0 Å². The summed E-state index contributed by atoms with van der Waals surface area (Å²) >= 11 is 0. The van der Waals surface area contributed by atoms with E-state index in [-0.39, 0.29) is 28.4 Å². The molecule has 0 aromatic heterocycles. The second kappa shape index (κ2) is 9.12. The number of carbonyl (C=O) groups excluding carboxylic acids is 2. The first-order valence-corrected chi connectivity index (χ1v) is 5.29. The quantitative estimate of drug-likeness (QED) is 0.485. The molecule has 0 N–H and O–H groups in total. The van der Waals surface area contributed by atoms with Crippen molar-refractivity contribution in [2.24, 2.45) is 0 Å². The maximum atomic E-state index is 10.7. The van der Waals surface area contributed by atoms with Crippen LogP contribution in [0.5, 0.6) is 0 Å². The third-order valence-corrected chi connectivity index (χ3v) is 2.17. The molecule has 0 saturated carbocycles. The van der Waals surface area contributed by atoms with E-state index in [0.29, 0.717) is 11.1 Å². The van der Waals surface area contributed by atoms with Crippen LogP contribution in [0.1, 0.15) is 20.7 Å². The van der Waals surface area contributed by atoms with Crippen molar-refractivity contribution in [1.29, 1.82) is 0 Å². The molecule has 4 nitrogen and oxygen atoms in total. The SMILES string of the molecule is COC(=O)[c-]1[cH-][cH-][cH-][cH-]1.COC(=O)[c-]1cccc1.[Ni]. The predicted octanol–water partition coefficient (Wildman–Crippen LogP) is 2.38. The summed E-state index contributed by atoms with van der Waals surface area (Å²) in [4.78, 5) is 21.3. The molecule has 5 heteroatoms. The number of rotatable bonds is 2. The third kappa shape index (κ3) is 5.53. The van der Waals surface area contributed by atoms with Crippen LogP contribution in [0, 0.1) is 0 Å². The van der Waals surface area contributed by atoms with Crippen LogP contribution in [-0.2, 0) is 26.0 Å². The molecule has 0 aliphatic rings.